The number of carbonyl (C=O) groups excluding carboxylic acids is 2. The normalized spacial score (nSPS) is 17.6. The highest BCUT2D eigenvalue weighted by Crippen LogP contribution is 2.21. The molecule has 22 heavy (non-hydrogen) atoms. The van der Waals surface area contributed by atoms with Crippen molar-refractivity contribution in [2.24, 2.45) is 0 Å². The van der Waals surface area contributed by atoms with Crippen LogP contribution in [0.3, 0.4) is 0 Å². The van der Waals surface area contributed by atoms with Gasteiger partial charge in [-0.25, -0.2) is 4.79 Å². The van der Waals surface area contributed by atoms with Gasteiger partial charge < -0.3 is 14.8 Å². The molecule has 5 nitrogen and oxygen atoms in total. The minimum Gasteiger partial charge on any atom is -0.462 e. The SMILES string of the molecule is CC(C)(C)OC(=O)NC(CBr)CCC(=O)OC1CCCCC1. The first-order chi connectivity index (χ1) is 10.3. The Labute approximate surface area is 141 Å². The second-order valence-electron chi connectivity index (χ2n) is 6.79. The van der Waals surface area contributed by atoms with Crippen LogP contribution in [0.5, 0.6) is 0 Å². The van der Waals surface area contributed by atoms with Gasteiger partial charge >= 0.3 is 12.1 Å². The van der Waals surface area contributed by atoms with Crippen LogP contribution in [0.1, 0.15) is 65.7 Å². The van der Waals surface area contributed by atoms with Crippen LogP contribution >= 0.6 is 15.9 Å². The molecule has 128 valence electrons. The molecule has 0 heterocycles. The van der Waals surface area contributed by atoms with E-state index in [1.54, 1.807) is 0 Å². The molecule has 0 aromatic heterocycles. The van der Waals surface area contributed by atoms with Crippen molar-refractivity contribution in [3.05, 3.63) is 0 Å². The van der Waals surface area contributed by atoms with Crippen molar-refractivity contribution in [2.75, 3.05) is 5.33 Å². The molecule has 1 N–H and O–H groups in total. The summed E-state index contributed by atoms with van der Waals surface area (Å²) >= 11 is 3.35. The Bertz CT molecular complexity index is 362. The Morgan fingerprint density at radius 3 is 2.41 bits per heavy atom. The summed E-state index contributed by atoms with van der Waals surface area (Å²) in [5, 5.41) is 3.34. The standard InChI is InChI=1S/C16H28BrNO4/c1-16(2,3)22-15(20)18-12(11-17)9-10-14(19)21-13-7-5-4-6-8-13/h12-13H,4-11H2,1-3H3,(H,18,20). The summed E-state index contributed by atoms with van der Waals surface area (Å²) in [5.74, 6) is -0.177. The number of esters is 1. The molecule has 1 unspecified atom stereocenters. The number of alkyl halides is 1. The van der Waals surface area contributed by atoms with E-state index < -0.39 is 11.7 Å². The highest BCUT2D eigenvalue weighted by atomic mass is 79.9. The molecule has 0 aromatic carbocycles. The number of nitrogens with one attached hydrogen (secondary N) is 1. The number of hydrogen-bond acceptors (Lipinski definition) is 4. The number of ether oxygens (including phenoxy) is 2. The number of carbonyl (C=O) groups is 2. The third-order valence-corrected chi connectivity index (χ3v) is 4.24. The summed E-state index contributed by atoms with van der Waals surface area (Å²) in [6.45, 7) is 5.45. The molecule has 1 aliphatic rings. The van der Waals surface area contributed by atoms with Crippen LogP contribution in [-0.4, -0.2) is 35.1 Å². The summed E-state index contributed by atoms with van der Waals surface area (Å²) in [5.41, 5.74) is -0.527. The average Bonchev–Trinajstić information content (AvgIpc) is 2.42. The number of rotatable bonds is 6. The maximum absolute atomic E-state index is 11.9. The van der Waals surface area contributed by atoms with E-state index in [1.165, 1.54) is 6.42 Å². The second-order valence-corrected chi connectivity index (χ2v) is 7.43. The highest BCUT2D eigenvalue weighted by Gasteiger charge is 2.21. The zero-order chi connectivity index (χ0) is 16.6. The lowest BCUT2D eigenvalue weighted by atomic mass is 9.98. The van der Waals surface area contributed by atoms with Crippen molar-refractivity contribution in [3.63, 3.8) is 0 Å². The van der Waals surface area contributed by atoms with Gasteiger partial charge in [0.15, 0.2) is 0 Å². The minimum atomic E-state index is -0.527. The van der Waals surface area contributed by atoms with Crippen LogP contribution < -0.4 is 5.32 Å². The molecule has 1 atom stereocenters. The van der Waals surface area contributed by atoms with Crippen molar-refractivity contribution in [2.45, 2.75) is 83.5 Å². The molecule has 1 aliphatic carbocycles. The lowest BCUT2D eigenvalue weighted by Crippen LogP contribution is -2.40. The molecule has 1 saturated carbocycles. The molecule has 0 aliphatic heterocycles. The van der Waals surface area contributed by atoms with Gasteiger partial charge in [0, 0.05) is 17.8 Å². The van der Waals surface area contributed by atoms with Crippen molar-refractivity contribution in [3.8, 4) is 0 Å². The van der Waals surface area contributed by atoms with E-state index in [9.17, 15) is 9.59 Å². The van der Waals surface area contributed by atoms with E-state index in [4.69, 9.17) is 9.47 Å². The van der Waals surface area contributed by atoms with E-state index >= 15 is 0 Å². The van der Waals surface area contributed by atoms with Crippen molar-refractivity contribution < 1.29 is 19.1 Å². The molecule has 0 aromatic rings. The summed E-state index contributed by atoms with van der Waals surface area (Å²) in [4.78, 5) is 23.6. The Balaban J connectivity index is 2.27. The van der Waals surface area contributed by atoms with Gasteiger partial charge in [-0.3, -0.25) is 4.79 Å². The number of hydrogen-bond donors (Lipinski definition) is 1. The van der Waals surface area contributed by atoms with Gasteiger partial charge in [-0.05, 0) is 52.9 Å². The monoisotopic (exact) mass is 377 g/mol. The predicted molar refractivity (Wildman–Crippen MR) is 89.2 cm³/mol. The Morgan fingerprint density at radius 1 is 1.23 bits per heavy atom. The lowest BCUT2D eigenvalue weighted by molar-refractivity contribution is -0.150. The molecule has 1 fully saturated rings. The molecule has 0 bridgehead atoms. The van der Waals surface area contributed by atoms with Gasteiger partial charge in [0.25, 0.3) is 0 Å². The van der Waals surface area contributed by atoms with Crippen molar-refractivity contribution >= 4 is 28.0 Å². The van der Waals surface area contributed by atoms with Crippen LogP contribution in [0.15, 0.2) is 0 Å². The van der Waals surface area contributed by atoms with Gasteiger partial charge in [-0.2, -0.15) is 0 Å². The average molecular weight is 378 g/mol. The van der Waals surface area contributed by atoms with E-state index in [0.717, 1.165) is 25.7 Å². The first-order valence-electron chi connectivity index (χ1n) is 8.05. The van der Waals surface area contributed by atoms with Crippen LogP contribution in [0.4, 0.5) is 4.79 Å². The summed E-state index contributed by atoms with van der Waals surface area (Å²) in [7, 11) is 0. The van der Waals surface area contributed by atoms with Gasteiger partial charge in [0.2, 0.25) is 0 Å². The van der Waals surface area contributed by atoms with Crippen LogP contribution in [0, 0.1) is 0 Å². The Kier molecular flexibility index (Phi) is 8.21. The predicted octanol–water partition coefficient (Wildman–Crippen LogP) is 3.93. The summed E-state index contributed by atoms with van der Waals surface area (Å²) < 4.78 is 10.7. The zero-order valence-electron chi connectivity index (χ0n) is 13.8. The molecule has 0 spiro atoms. The van der Waals surface area contributed by atoms with Gasteiger partial charge in [-0.1, -0.05) is 22.4 Å². The zero-order valence-corrected chi connectivity index (χ0v) is 15.4. The van der Waals surface area contributed by atoms with Crippen LogP contribution in [0.2, 0.25) is 0 Å². The van der Waals surface area contributed by atoms with Gasteiger partial charge in [0.05, 0.1) is 0 Å². The fourth-order valence-corrected chi connectivity index (χ4v) is 2.87. The second kappa shape index (κ2) is 9.38. The fourth-order valence-electron chi connectivity index (χ4n) is 2.38. The number of halogens is 1. The van der Waals surface area contributed by atoms with Crippen LogP contribution in [0.25, 0.3) is 0 Å². The molecular weight excluding hydrogens is 350 g/mol. The molecule has 0 radical (unpaired) electrons. The number of alkyl carbamates (subject to hydrolysis) is 1. The minimum absolute atomic E-state index is 0.0856. The topological polar surface area (TPSA) is 64.6 Å². The quantitative estimate of drug-likeness (QED) is 0.562. The Morgan fingerprint density at radius 2 is 1.86 bits per heavy atom. The number of amides is 1. The largest absolute Gasteiger partial charge is 0.462 e. The third kappa shape index (κ3) is 8.61. The summed E-state index contributed by atoms with van der Waals surface area (Å²) in [6.07, 6.45) is 5.94. The lowest BCUT2D eigenvalue weighted by Gasteiger charge is -2.24. The first-order valence-corrected chi connectivity index (χ1v) is 9.17. The molecule has 6 heteroatoms. The maximum Gasteiger partial charge on any atom is 0.407 e. The fraction of sp³-hybridized carbons (Fsp3) is 0.875. The van der Waals surface area contributed by atoms with Crippen LogP contribution in [-0.2, 0) is 14.3 Å². The highest BCUT2D eigenvalue weighted by molar-refractivity contribution is 9.09. The van der Waals surface area contributed by atoms with E-state index in [0.29, 0.717) is 18.2 Å². The maximum atomic E-state index is 11.9. The molecule has 1 rings (SSSR count). The van der Waals surface area contributed by atoms with E-state index in [-0.39, 0.29) is 18.1 Å². The molecular formula is C16H28BrNO4. The van der Waals surface area contributed by atoms with E-state index in [1.807, 2.05) is 20.8 Å². The smallest absolute Gasteiger partial charge is 0.407 e. The van der Waals surface area contributed by atoms with Crippen molar-refractivity contribution in [1.82, 2.24) is 5.32 Å². The van der Waals surface area contributed by atoms with Gasteiger partial charge in [-0.15, -0.1) is 0 Å². The van der Waals surface area contributed by atoms with E-state index in [2.05, 4.69) is 21.2 Å². The first kappa shape index (κ1) is 19.3. The van der Waals surface area contributed by atoms with Crippen molar-refractivity contribution in [1.29, 1.82) is 0 Å². The molecule has 1 amide bonds. The summed E-state index contributed by atoms with van der Waals surface area (Å²) in [6, 6.07) is -0.145. The van der Waals surface area contributed by atoms with Gasteiger partial charge in [0.1, 0.15) is 11.7 Å². The Hall–Kier alpha value is -0.780. The molecule has 0 saturated heterocycles. The third-order valence-electron chi connectivity index (χ3n) is 3.45.